The summed E-state index contributed by atoms with van der Waals surface area (Å²) >= 11 is 0. The Hall–Kier alpha value is -2.04. The Balaban J connectivity index is 1.40. The lowest BCUT2D eigenvalue weighted by molar-refractivity contribution is -0.136. The van der Waals surface area contributed by atoms with Crippen molar-refractivity contribution in [2.24, 2.45) is 5.92 Å². The van der Waals surface area contributed by atoms with E-state index >= 15 is 0 Å². The van der Waals surface area contributed by atoms with Crippen LogP contribution in [0.5, 0.6) is 5.75 Å². The van der Waals surface area contributed by atoms with E-state index in [-0.39, 0.29) is 23.8 Å². The molecular weight excluding hydrogens is 316 g/mol. The Bertz CT molecular complexity index is 653. The summed E-state index contributed by atoms with van der Waals surface area (Å²) in [4.78, 5) is 29.2. The molecule has 2 amide bonds. The average molecular weight is 342 g/mol. The van der Waals surface area contributed by atoms with Gasteiger partial charge in [0.2, 0.25) is 11.8 Å². The molecule has 2 aliphatic heterocycles. The molecule has 0 aromatic heterocycles. The first-order valence-electron chi connectivity index (χ1n) is 9.38. The molecule has 0 unspecified atom stereocenters. The van der Waals surface area contributed by atoms with Crippen LogP contribution in [0.15, 0.2) is 24.3 Å². The normalized spacial score (nSPS) is 26.4. The van der Waals surface area contributed by atoms with Crippen LogP contribution in [0.3, 0.4) is 0 Å². The summed E-state index contributed by atoms with van der Waals surface area (Å²) in [5.41, 5.74) is 1.23. The second kappa shape index (κ2) is 6.70. The second-order valence-corrected chi connectivity index (χ2v) is 7.56. The third-order valence-corrected chi connectivity index (χ3v) is 5.79. The number of benzene rings is 1. The number of carbonyl (C=O) groups is 2. The van der Waals surface area contributed by atoms with Gasteiger partial charge in [0.05, 0.1) is 13.0 Å². The molecule has 3 fully saturated rings. The average Bonchev–Trinajstić information content (AvgIpc) is 3.24. The SMILES string of the molecule is COc1ccc(C[C@H]2CCCN2C(=O)[C@H]2CC(=O)N(C3CC3)C2)cc1. The number of nitrogens with zero attached hydrogens (tertiary/aromatic N) is 2. The van der Waals surface area contributed by atoms with E-state index < -0.39 is 0 Å². The van der Waals surface area contributed by atoms with Crippen molar-refractivity contribution < 1.29 is 14.3 Å². The first-order valence-corrected chi connectivity index (χ1v) is 9.38. The molecule has 5 nitrogen and oxygen atoms in total. The Labute approximate surface area is 148 Å². The maximum Gasteiger partial charge on any atom is 0.228 e. The standard InChI is InChI=1S/C20H26N2O3/c1-25-18-8-4-14(5-9-18)11-17-3-2-10-21(17)20(24)15-12-19(23)22(13-15)16-6-7-16/h4-5,8-9,15-17H,2-3,6-7,10-13H2,1H3/t15-,17+/m0/s1. The monoisotopic (exact) mass is 342 g/mol. The van der Waals surface area contributed by atoms with Crippen molar-refractivity contribution in [2.75, 3.05) is 20.2 Å². The summed E-state index contributed by atoms with van der Waals surface area (Å²) in [5, 5.41) is 0. The van der Waals surface area contributed by atoms with Gasteiger partial charge in [-0.15, -0.1) is 0 Å². The molecule has 25 heavy (non-hydrogen) atoms. The zero-order valence-electron chi connectivity index (χ0n) is 14.8. The van der Waals surface area contributed by atoms with E-state index in [1.165, 1.54) is 5.56 Å². The van der Waals surface area contributed by atoms with Crippen molar-refractivity contribution in [1.29, 1.82) is 0 Å². The van der Waals surface area contributed by atoms with Crippen LogP contribution in [-0.4, -0.2) is 53.9 Å². The Morgan fingerprint density at radius 2 is 1.96 bits per heavy atom. The van der Waals surface area contributed by atoms with Crippen molar-refractivity contribution in [2.45, 2.75) is 50.6 Å². The molecule has 4 rings (SSSR count). The molecule has 0 bridgehead atoms. The van der Waals surface area contributed by atoms with Gasteiger partial charge >= 0.3 is 0 Å². The fourth-order valence-electron chi connectivity index (χ4n) is 4.24. The summed E-state index contributed by atoms with van der Waals surface area (Å²) in [6.45, 7) is 1.46. The summed E-state index contributed by atoms with van der Waals surface area (Å²) in [6.07, 6.45) is 5.60. The van der Waals surface area contributed by atoms with Crippen LogP contribution in [0.25, 0.3) is 0 Å². The van der Waals surface area contributed by atoms with Crippen molar-refractivity contribution >= 4 is 11.8 Å². The highest BCUT2D eigenvalue weighted by Gasteiger charge is 2.44. The van der Waals surface area contributed by atoms with Crippen LogP contribution in [0.1, 0.15) is 37.7 Å². The molecule has 2 atom stereocenters. The lowest BCUT2D eigenvalue weighted by Gasteiger charge is -2.27. The smallest absolute Gasteiger partial charge is 0.228 e. The molecule has 0 spiro atoms. The minimum Gasteiger partial charge on any atom is -0.497 e. The minimum atomic E-state index is -0.135. The number of hydrogen-bond acceptors (Lipinski definition) is 3. The summed E-state index contributed by atoms with van der Waals surface area (Å²) in [6, 6.07) is 8.77. The first kappa shape index (κ1) is 16.4. The Morgan fingerprint density at radius 1 is 1.20 bits per heavy atom. The third-order valence-electron chi connectivity index (χ3n) is 5.79. The van der Waals surface area contributed by atoms with Gasteiger partial charge in [0.15, 0.2) is 0 Å². The molecule has 2 heterocycles. The predicted molar refractivity (Wildman–Crippen MR) is 94.3 cm³/mol. The van der Waals surface area contributed by atoms with Gasteiger partial charge in [-0.05, 0) is 49.8 Å². The molecule has 2 saturated heterocycles. The largest absolute Gasteiger partial charge is 0.497 e. The van der Waals surface area contributed by atoms with E-state index in [2.05, 4.69) is 12.1 Å². The highest BCUT2D eigenvalue weighted by Crippen LogP contribution is 2.34. The topological polar surface area (TPSA) is 49.9 Å². The number of hydrogen-bond donors (Lipinski definition) is 0. The van der Waals surface area contributed by atoms with Crippen molar-refractivity contribution in [3.05, 3.63) is 29.8 Å². The predicted octanol–water partition coefficient (Wildman–Crippen LogP) is 2.24. The van der Waals surface area contributed by atoms with E-state index in [9.17, 15) is 9.59 Å². The maximum absolute atomic E-state index is 13.0. The molecule has 134 valence electrons. The zero-order chi connectivity index (χ0) is 17.4. The number of ether oxygens (including phenoxy) is 1. The molecule has 0 N–H and O–H groups in total. The first-order chi connectivity index (χ1) is 12.2. The van der Waals surface area contributed by atoms with E-state index in [0.717, 1.165) is 44.4 Å². The fourth-order valence-corrected chi connectivity index (χ4v) is 4.24. The third kappa shape index (κ3) is 3.37. The van der Waals surface area contributed by atoms with E-state index in [0.29, 0.717) is 19.0 Å². The Morgan fingerprint density at radius 3 is 2.64 bits per heavy atom. The van der Waals surface area contributed by atoms with Gasteiger partial charge in [0.1, 0.15) is 5.75 Å². The molecule has 3 aliphatic rings. The van der Waals surface area contributed by atoms with E-state index in [4.69, 9.17) is 4.74 Å². The molecule has 5 heteroatoms. The molecule has 0 radical (unpaired) electrons. The highest BCUT2D eigenvalue weighted by molar-refractivity contribution is 5.89. The van der Waals surface area contributed by atoms with Crippen LogP contribution < -0.4 is 4.74 Å². The van der Waals surface area contributed by atoms with Crippen molar-refractivity contribution in [3.63, 3.8) is 0 Å². The van der Waals surface area contributed by atoms with Crippen LogP contribution in [-0.2, 0) is 16.0 Å². The summed E-state index contributed by atoms with van der Waals surface area (Å²) in [7, 11) is 1.67. The maximum atomic E-state index is 13.0. The second-order valence-electron chi connectivity index (χ2n) is 7.56. The van der Waals surface area contributed by atoms with E-state index in [1.807, 2.05) is 21.9 Å². The zero-order valence-corrected chi connectivity index (χ0v) is 14.8. The van der Waals surface area contributed by atoms with Crippen LogP contribution in [0.4, 0.5) is 0 Å². The number of methoxy groups -OCH3 is 1. The van der Waals surface area contributed by atoms with Gasteiger partial charge in [0, 0.05) is 31.6 Å². The molecule has 1 aromatic rings. The summed E-state index contributed by atoms with van der Waals surface area (Å²) in [5.74, 6) is 1.08. The van der Waals surface area contributed by atoms with Crippen molar-refractivity contribution in [1.82, 2.24) is 9.80 Å². The molecule has 1 aromatic carbocycles. The lowest BCUT2D eigenvalue weighted by atomic mass is 10.0. The van der Waals surface area contributed by atoms with Gasteiger partial charge in [-0.2, -0.15) is 0 Å². The number of amides is 2. The molecular formula is C20H26N2O3. The lowest BCUT2D eigenvalue weighted by Crippen LogP contribution is -2.41. The number of carbonyl (C=O) groups excluding carboxylic acids is 2. The highest BCUT2D eigenvalue weighted by atomic mass is 16.5. The molecule has 1 aliphatic carbocycles. The number of likely N-dealkylation sites (tertiary alicyclic amines) is 2. The van der Waals surface area contributed by atoms with Gasteiger partial charge < -0.3 is 14.5 Å². The van der Waals surface area contributed by atoms with Crippen molar-refractivity contribution in [3.8, 4) is 5.75 Å². The van der Waals surface area contributed by atoms with Crippen LogP contribution in [0, 0.1) is 5.92 Å². The van der Waals surface area contributed by atoms with E-state index in [1.54, 1.807) is 7.11 Å². The van der Waals surface area contributed by atoms with Gasteiger partial charge in [-0.1, -0.05) is 12.1 Å². The van der Waals surface area contributed by atoms with Crippen LogP contribution >= 0.6 is 0 Å². The minimum absolute atomic E-state index is 0.135. The number of rotatable bonds is 5. The van der Waals surface area contributed by atoms with Gasteiger partial charge in [0.25, 0.3) is 0 Å². The van der Waals surface area contributed by atoms with Crippen LogP contribution in [0.2, 0.25) is 0 Å². The van der Waals surface area contributed by atoms with Gasteiger partial charge in [-0.25, -0.2) is 0 Å². The van der Waals surface area contributed by atoms with Gasteiger partial charge in [-0.3, -0.25) is 9.59 Å². The fraction of sp³-hybridized carbons (Fsp3) is 0.600. The Kier molecular flexibility index (Phi) is 4.40. The quantitative estimate of drug-likeness (QED) is 0.825. The summed E-state index contributed by atoms with van der Waals surface area (Å²) < 4.78 is 5.21. The molecule has 1 saturated carbocycles.